The molecular formula is C7H11N3O. The van der Waals surface area contributed by atoms with Crippen molar-refractivity contribution < 1.29 is 5.11 Å². The van der Waals surface area contributed by atoms with E-state index in [-0.39, 0.29) is 18.1 Å². The monoisotopic (exact) mass is 153 g/mol. The molecule has 0 saturated heterocycles. The van der Waals surface area contributed by atoms with Gasteiger partial charge in [0.1, 0.15) is 0 Å². The maximum Gasteiger partial charge on any atom is 0.0575 e. The average molecular weight is 153 g/mol. The number of aliphatic hydroxyl groups is 1. The van der Waals surface area contributed by atoms with E-state index < -0.39 is 0 Å². The quantitative estimate of drug-likeness (QED) is 0.346. The summed E-state index contributed by atoms with van der Waals surface area (Å²) in [4.78, 5) is 2.81. The van der Waals surface area contributed by atoms with E-state index >= 15 is 0 Å². The zero-order chi connectivity index (χ0) is 7.84. The summed E-state index contributed by atoms with van der Waals surface area (Å²) in [6.45, 7) is 0. The van der Waals surface area contributed by atoms with Crippen LogP contribution in [0.15, 0.2) is 5.11 Å². The third kappa shape index (κ3) is 0.905. The normalized spacial score (nSPS) is 47.4. The molecule has 4 atom stereocenters. The van der Waals surface area contributed by atoms with Gasteiger partial charge in [-0.15, -0.1) is 0 Å². The molecule has 0 aliphatic heterocycles. The summed E-state index contributed by atoms with van der Waals surface area (Å²) in [6.07, 6.45) is 2.80. The van der Waals surface area contributed by atoms with Gasteiger partial charge in [0.25, 0.3) is 0 Å². The Morgan fingerprint density at radius 3 is 2.73 bits per heavy atom. The Bertz CT molecular complexity index is 212. The van der Waals surface area contributed by atoms with E-state index in [1.807, 2.05) is 0 Å². The lowest BCUT2D eigenvalue weighted by atomic mass is 9.98. The second-order valence-corrected chi connectivity index (χ2v) is 3.50. The first-order valence-electron chi connectivity index (χ1n) is 4.05. The first-order chi connectivity index (χ1) is 5.33. The van der Waals surface area contributed by atoms with Crippen LogP contribution < -0.4 is 0 Å². The van der Waals surface area contributed by atoms with E-state index in [1.165, 1.54) is 0 Å². The van der Waals surface area contributed by atoms with Crippen molar-refractivity contribution in [1.29, 1.82) is 0 Å². The zero-order valence-electron chi connectivity index (χ0n) is 6.22. The molecular weight excluding hydrogens is 142 g/mol. The van der Waals surface area contributed by atoms with Gasteiger partial charge >= 0.3 is 0 Å². The highest BCUT2D eigenvalue weighted by molar-refractivity contribution is 5.01. The summed E-state index contributed by atoms with van der Waals surface area (Å²) < 4.78 is 0. The van der Waals surface area contributed by atoms with Crippen molar-refractivity contribution in [3.63, 3.8) is 0 Å². The number of fused-ring (bicyclic) bond motifs is 2. The SMILES string of the molecule is [N-]=[N+]=N[C@H]1[C@H]2CC[C@@H]1[C@@H](O)C2. The van der Waals surface area contributed by atoms with Gasteiger partial charge in [0.15, 0.2) is 0 Å². The van der Waals surface area contributed by atoms with Crippen molar-refractivity contribution in [1.82, 2.24) is 0 Å². The molecule has 0 radical (unpaired) electrons. The van der Waals surface area contributed by atoms with Crippen molar-refractivity contribution in [2.45, 2.75) is 31.4 Å². The minimum Gasteiger partial charge on any atom is -0.393 e. The predicted molar refractivity (Wildman–Crippen MR) is 39.8 cm³/mol. The van der Waals surface area contributed by atoms with Gasteiger partial charge in [-0.25, -0.2) is 0 Å². The van der Waals surface area contributed by atoms with Crippen LogP contribution in [-0.4, -0.2) is 17.3 Å². The predicted octanol–water partition coefficient (Wildman–Crippen LogP) is 1.46. The summed E-state index contributed by atoms with van der Waals surface area (Å²) in [7, 11) is 0. The van der Waals surface area contributed by atoms with Crippen LogP contribution in [0.25, 0.3) is 10.4 Å². The molecule has 11 heavy (non-hydrogen) atoms. The third-order valence-electron chi connectivity index (χ3n) is 3.02. The number of aliphatic hydroxyl groups excluding tert-OH is 1. The van der Waals surface area contributed by atoms with Crippen molar-refractivity contribution in [3.8, 4) is 0 Å². The second kappa shape index (κ2) is 2.40. The largest absolute Gasteiger partial charge is 0.393 e. The molecule has 0 aromatic heterocycles. The topological polar surface area (TPSA) is 69.0 Å². The van der Waals surface area contributed by atoms with Gasteiger partial charge in [-0.3, -0.25) is 0 Å². The molecule has 0 unspecified atom stereocenters. The Kier molecular flexibility index (Phi) is 1.51. The van der Waals surface area contributed by atoms with Gasteiger partial charge in [0.05, 0.1) is 6.10 Å². The smallest absolute Gasteiger partial charge is 0.0575 e. The highest BCUT2D eigenvalue weighted by atomic mass is 16.3. The van der Waals surface area contributed by atoms with Gasteiger partial charge in [-0.05, 0) is 36.6 Å². The number of hydrogen-bond donors (Lipinski definition) is 1. The summed E-state index contributed by atoms with van der Waals surface area (Å²) in [5.74, 6) is 0.724. The highest BCUT2D eigenvalue weighted by Crippen LogP contribution is 2.46. The summed E-state index contributed by atoms with van der Waals surface area (Å²) in [5.41, 5.74) is 8.25. The fourth-order valence-electron chi connectivity index (χ4n) is 2.50. The van der Waals surface area contributed by atoms with Crippen LogP contribution in [0, 0.1) is 11.8 Å². The van der Waals surface area contributed by atoms with Gasteiger partial charge in [-0.2, -0.15) is 0 Å². The molecule has 0 heterocycles. The van der Waals surface area contributed by atoms with Crippen LogP contribution in [-0.2, 0) is 0 Å². The number of hydrogen-bond acceptors (Lipinski definition) is 2. The van der Waals surface area contributed by atoms with E-state index in [2.05, 4.69) is 10.0 Å². The van der Waals surface area contributed by atoms with Gasteiger partial charge in [0.2, 0.25) is 0 Å². The molecule has 2 bridgehead atoms. The van der Waals surface area contributed by atoms with Crippen LogP contribution in [0.1, 0.15) is 19.3 Å². The van der Waals surface area contributed by atoms with E-state index in [0.29, 0.717) is 5.92 Å². The molecule has 2 aliphatic carbocycles. The van der Waals surface area contributed by atoms with Crippen molar-refractivity contribution in [3.05, 3.63) is 10.4 Å². The van der Waals surface area contributed by atoms with Crippen molar-refractivity contribution >= 4 is 0 Å². The second-order valence-electron chi connectivity index (χ2n) is 3.50. The number of azide groups is 1. The Hall–Kier alpha value is -0.730. The van der Waals surface area contributed by atoms with Gasteiger partial charge < -0.3 is 5.11 Å². The molecule has 0 aromatic carbocycles. The standard InChI is InChI=1S/C7H11N3O/c8-10-9-7-4-1-2-5(7)6(11)3-4/h4-7,11H,1-3H2/t4-,5+,6-,7-/m0/s1. The fourth-order valence-corrected chi connectivity index (χ4v) is 2.50. The Labute approximate surface area is 64.8 Å². The molecule has 60 valence electrons. The lowest BCUT2D eigenvalue weighted by molar-refractivity contribution is 0.112. The zero-order valence-corrected chi connectivity index (χ0v) is 6.22. The van der Waals surface area contributed by atoms with Crippen molar-refractivity contribution in [2.75, 3.05) is 0 Å². The molecule has 2 saturated carbocycles. The molecule has 1 N–H and O–H groups in total. The molecule has 0 aromatic rings. The molecule has 0 spiro atoms. The van der Waals surface area contributed by atoms with Crippen LogP contribution >= 0.6 is 0 Å². The molecule has 2 aliphatic rings. The van der Waals surface area contributed by atoms with E-state index in [0.717, 1.165) is 19.3 Å². The first kappa shape index (κ1) is 6.95. The van der Waals surface area contributed by atoms with E-state index in [1.54, 1.807) is 0 Å². The van der Waals surface area contributed by atoms with Gasteiger partial charge in [0, 0.05) is 11.0 Å². The fraction of sp³-hybridized carbons (Fsp3) is 1.00. The van der Waals surface area contributed by atoms with Crippen LogP contribution in [0.2, 0.25) is 0 Å². The van der Waals surface area contributed by atoms with Crippen LogP contribution in [0.3, 0.4) is 0 Å². The lowest BCUT2D eigenvalue weighted by Crippen LogP contribution is -2.18. The Morgan fingerprint density at radius 2 is 2.27 bits per heavy atom. The first-order valence-corrected chi connectivity index (χ1v) is 4.05. The molecule has 4 heteroatoms. The summed E-state index contributed by atoms with van der Waals surface area (Å²) >= 11 is 0. The molecule has 4 nitrogen and oxygen atoms in total. The Balaban J connectivity index is 2.18. The molecule has 0 amide bonds. The molecule has 2 fully saturated rings. The summed E-state index contributed by atoms with van der Waals surface area (Å²) in [5, 5.41) is 13.2. The number of nitrogens with zero attached hydrogens (tertiary/aromatic N) is 3. The Morgan fingerprint density at radius 1 is 1.45 bits per heavy atom. The van der Waals surface area contributed by atoms with Crippen LogP contribution in [0.4, 0.5) is 0 Å². The van der Waals surface area contributed by atoms with E-state index in [9.17, 15) is 5.11 Å². The van der Waals surface area contributed by atoms with Crippen molar-refractivity contribution in [2.24, 2.45) is 17.0 Å². The molecule has 2 rings (SSSR count). The maximum absolute atomic E-state index is 9.43. The minimum atomic E-state index is -0.204. The minimum absolute atomic E-state index is 0.0926. The van der Waals surface area contributed by atoms with Gasteiger partial charge in [-0.1, -0.05) is 5.11 Å². The highest BCUT2D eigenvalue weighted by Gasteiger charge is 2.46. The summed E-state index contributed by atoms with van der Waals surface area (Å²) in [6, 6.07) is 0.0926. The maximum atomic E-state index is 9.43. The number of rotatable bonds is 1. The lowest BCUT2D eigenvalue weighted by Gasteiger charge is -2.14. The third-order valence-corrected chi connectivity index (χ3v) is 3.02. The average Bonchev–Trinajstić information content (AvgIpc) is 2.46. The van der Waals surface area contributed by atoms with E-state index in [4.69, 9.17) is 5.53 Å². The van der Waals surface area contributed by atoms with Crippen LogP contribution in [0.5, 0.6) is 0 Å².